The molecule has 1 aromatic heterocycles. The van der Waals surface area contributed by atoms with Gasteiger partial charge in [-0.25, -0.2) is 4.98 Å². The molecule has 0 aliphatic carbocycles. The monoisotopic (exact) mass is 538 g/mol. The first-order valence-corrected chi connectivity index (χ1v) is 13.0. The number of hydrogen-bond donors (Lipinski definition) is 3. The van der Waals surface area contributed by atoms with Gasteiger partial charge in [-0.05, 0) is 30.7 Å². The van der Waals surface area contributed by atoms with E-state index >= 15 is 0 Å². The van der Waals surface area contributed by atoms with E-state index in [0.29, 0.717) is 18.7 Å². The Morgan fingerprint density at radius 3 is 2.21 bits per heavy atom. The van der Waals surface area contributed by atoms with E-state index in [0.717, 1.165) is 38.8 Å². The number of pyridine rings is 1. The second kappa shape index (κ2) is 16.7. The minimum atomic E-state index is -4.62. The number of alkyl halides is 3. The second-order valence-electron chi connectivity index (χ2n) is 8.00. The summed E-state index contributed by atoms with van der Waals surface area (Å²) >= 11 is 0. The molecule has 0 spiro atoms. The number of nitriles is 1. The molecule has 2 aromatic rings. The second-order valence-corrected chi connectivity index (χ2v) is 8.00. The van der Waals surface area contributed by atoms with Gasteiger partial charge in [-0.2, -0.15) is 18.4 Å². The van der Waals surface area contributed by atoms with Crippen molar-refractivity contribution in [3.8, 4) is 23.1 Å². The maximum absolute atomic E-state index is 13.8. The van der Waals surface area contributed by atoms with Crippen LogP contribution >= 0.6 is 0 Å². The summed E-state index contributed by atoms with van der Waals surface area (Å²) in [6.45, 7) is 13.1. The van der Waals surface area contributed by atoms with Crippen molar-refractivity contribution in [3.63, 3.8) is 0 Å². The molecule has 2 heterocycles. The summed E-state index contributed by atoms with van der Waals surface area (Å²) in [5, 5.41) is 21.1. The summed E-state index contributed by atoms with van der Waals surface area (Å²) < 4.78 is 46.9. The molecule has 1 saturated heterocycles. The number of aliphatic hydroxyl groups is 1. The molecule has 0 radical (unpaired) electrons. The van der Waals surface area contributed by atoms with Gasteiger partial charge in [0.2, 0.25) is 0 Å². The lowest BCUT2D eigenvalue weighted by molar-refractivity contribution is -0.138. The molecule has 8 nitrogen and oxygen atoms in total. The Hall–Kier alpha value is -3.07. The zero-order valence-electron chi connectivity index (χ0n) is 23.0. The molecule has 212 valence electrons. The topological polar surface area (TPSA) is 111 Å². The quantitative estimate of drug-likeness (QED) is 0.394. The van der Waals surface area contributed by atoms with Gasteiger partial charge >= 0.3 is 6.18 Å². The number of nitrogens with one attached hydrogen (secondary N) is 1. The molecule has 4 N–H and O–H groups in total. The number of rotatable bonds is 9. The lowest BCUT2D eigenvalue weighted by Crippen LogP contribution is -2.47. The molecule has 11 heteroatoms. The maximum atomic E-state index is 13.8. The number of aromatic nitrogens is 1. The highest BCUT2D eigenvalue weighted by Crippen LogP contribution is 2.39. The van der Waals surface area contributed by atoms with Crippen molar-refractivity contribution in [2.24, 2.45) is 0 Å². The van der Waals surface area contributed by atoms with Gasteiger partial charge in [0.25, 0.3) is 0 Å². The minimum absolute atomic E-state index is 0.0621. The van der Waals surface area contributed by atoms with E-state index in [9.17, 15) is 18.4 Å². The Kier molecular flexibility index (Phi) is 14.5. The van der Waals surface area contributed by atoms with Gasteiger partial charge in [0.1, 0.15) is 11.8 Å². The highest BCUT2D eigenvalue weighted by Gasteiger charge is 2.35. The Labute approximate surface area is 224 Å². The first-order valence-electron chi connectivity index (χ1n) is 13.0. The van der Waals surface area contributed by atoms with Crippen LogP contribution in [0.3, 0.4) is 0 Å². The number of benzene rings is 1. The summed E-state index contributed by atoms with van der Waals surface area (Å²) in [6.07, 6.45) is -4.03. The van der Waals surface area contributed by atoms with Crippen LogP contribution in [0.2, 0.25) is 0 Å². The van der Waals surface area contributed by atoms with Crippen molar-refractivity contribution in [2.75, 3.05) is 70.6 Å². The van der Waals surface area contributed by atoms with Gasteiger partial charge < -0.3 is 25.8 Å². The maximum Gasteiger partial charge on any atom is 0.419 e. The van der Waals surface area contributed by atoms with Crippen LogP contribution in [0.25, 0.3) is 11.3 Å². The first kappa shape index (κ1) is 33.0. The molecule has 1 aliphatic rings. The minimum Gasteiger partial charge on any atom is -0.493 e. The predicted octanol–water partition coefficient (Wildman–Crippen LogP) is 4.69. The smallest absolute Gasteiger partial charge is 0.419 e. The molecule has 0 saturated carbocycles. The number of nitrogens with two attached hydrogens (primary N) is 1. The number of ether oxygens (including phenoxy) is 1. The van der Waals surface area contributed by atoms with Crippen molar-refractivity contribution >= 4 is 11.4 Å². The zero-order chi connectivity index (χ0) is 28.7. The number of piperazine rings is 1. The van der Waals surface area contributed by atoms with Crippen molar-refractivity contribution in [1.29, 1.82) is 5.26 Å². The Bertz CT molecular complexity index is 1020. The molecule has 0 bridgehead atoms. The lowest BCUT2D eigenvalue weighted by atomic mass is 10.0. The van der Waals surface area contributed by atoms with Gasteiger partial charge in [-0.15, -0.1) is 0 Å². The molecule has 1 fully saturated rings. The molecule has 0 amide bonds. The third-order valence-corrected chi connectivity index (χ3v) is 5.77. The van der Waals surface area contributed by atoms with Crippen LogP contribution in [0, 0.1) is 11.3 Å². The highest BCUT2D eigenvalue weighted by atomic mass is 19.4. The van der Waals surface area contributed by atoms with Crippen LogP contribution in [0.1, 0.15) is 45.4 Å². The Balaban J connectivity index is 0.00000172. The highest BCUT2D eigenvalue weighted by molar-refractivity contribution is 5.77. The average Bonchev–Trinajstić information content (AvgIpc) is 2.94. The number of nitrogens with zero attached hydrogens (tertiary/aromatic N) is 4. The van der Waals surface area contributed by atoms with Crippen LogP contribution in [0.15, 0.2) is 24.3 Å². The number of aliphatic hydroxyl groups excluding tert-OH is 1. The van der Waals surface area contributed by atoms with E-state index in [1.807, 2.05) is 33.8 Å². The average molecular weight is 539 g/mol. The van der Waals surface area contributed by atoms with Gasteiger partial charge in [-0.3, -0.25) is 4.90 Å². The number of nitrogen functional groups attached to an aromatic ring is 1. The molecular weight excluding hydrogens is 497 g/mol. The van der Waals surface area contributed by atoms with Crippen LogP contribution < -0.4 is 15.8 Å². The van der Waals surface area contributed by atoms with E-state index in [1.54, 1.807) is 7.05 Å². The van der Waals surface area contributed by atoms with Crippen molar-refractivity contribution in [1.82, 2.24) is 14.8 Å². The summed E-state index contributed by atoms with van der Waals surface area (Å²) in [7, 11) is 1.60. The number of anilines is 2. The summed E-state index contributed by atoms with van der Waals surface area (Å²) in [5.41, 5.74) is 5.85. The van der Waals surface area contributed by atoms with Crippen molar-refractivity contribution < 1.29 is 23.0 Å². The van der Waals surface area contributed by atoms with Crippen LogP contribution in [-0.2, 0) is 6.18 Å². The molecule has 0 atom stereocenters. The SMILES string of the molecule is CC.CC.CNc1cc(-c2ccc(OCCCN3CCN(CCO)CC3)c(C(F)(F)F)c2)nc(C#N)c1N. The van der Waals surface area contributed by atoms with Gasteiger partial charge in [0.15, 0.2) is 5.69 Å². The van der Waals surface area contributed by atoms with E-state index < -0.39 is 11.7 Å². The summed E-state index contributed by atoms with van der Waals surface area (Å²) in [6, 6.07) is 7.13. The Morgan fingerprint density at radius 2 is 1.68 bits per heavy atom. The van der Waals surface area contributed by atoms with Gasteiger partial charge in [0, 0.05) is 51.9 Å². The first-order chi connectivity index (χ1) is 18.3. The van der Waals surface area contributed by atoms with E-state index in [1.165, 1.54) is 18.2 Å². The number of β-amino-alcohol motifs (C(OH)–C–C–N with tert-alkyl or cyclic N) is 1. The summed E-state index contributed by atoms with van der Waals surface area (Å²) in [5.74, 6) is -0.242. The van der Waals surface area contributed by atoms with Gasteiger partial charge in [-0.1, -0.05) is 27.7 Å². The molecule has 38 heavy (non-hydrogen) atoms. The fourth-order valence-electron chi connectivity index (χ4n) is 3.88. The van der Waals surface area contributed by atoms with Crippen molar-refractivity contribution in [3.05, 3.63) is 35.5 Å². The standard InChI is InChI=1S/C23H29F3N6O2.2C2H6/c1-29-19-14-18(30-20(15-27)22(19)28)16-3-4-21(17(13-16)23(24,25)26)34-12-2-5-31-6-8-32(9-7-31)10-11-33;2*1-2/h3-4,13-14,33H,2,5-12,28H2,1H3,(H,29,30);2*1-2H3. The largest absolute Gasteiger partial charge is 0.493 e. The molecular formula is C27H41F3N6O2. The third kappa shape index (κ3) is 9.35. The molecule has 0 unspecified atom stereocenters. The molecule has 1 aromatic carbocycles. The Morgan fingerprint density at radius 1 is 1.08 bits per heavy atom. The van der Waals surface area contributed by atoms with Crippen molar-refractivity contribution in [2.45, 2.75) is 40.3 Å². The van der Waals surface area contributed by atoms with E-state index in [-0.39, 0.29) is 41.6 Å². The molecule has 1 aliphatic heterocycles. The number of halogens is 3. The zero-order valence-corrected chi connectivity index (χ0v) is 23.0. The van der Waals surface area contributed by atoms with E-state index in [2.05, 4.69) is 20.1 Å². The van der Waals surface area contributed by atoms with E-state index in [4.69, 9.17) is 15.6 Å². The fraction of sp³-hybridized carbons (Fsp3) is 0.556. The predicted molar refractivity (Wildman–Crippen MR) is 146 cm³/mol. The number of hydrogen-bond acceptors (Lipinski definition) is 8. The van der Waals surface area contributed by atoms with Crippen LogP contribution in [0.5, 0.6) is 5.75 Å². The lowest BCUT2D eigenvalue weighted by Gasteiger charge is -2.34. The molecule has 3 rings (SSSR count). The summed E-state index contributed by atoms with van der Waals surface area (Å²) in [4.78, 5) is 8.53. The fourth-order valence-corrected chi connectivity index (χ4v) is 3.88. The van der Waals surface area contributed by atoms with Crippen LogP contribution in [0.4, 0.5) is 24.5 Å². The normalized spacial score (nSPS) is 13.9. The van der Waals surface area contributed by atoms with Gasteiger partial charge in [0.05, 0.1) is 35.8 Å². The third-order valence-electron chi connectivity index (χ3n) is 5.77. The van der Waals surface area contributed by atoms with Crippen LogP contribution in [-0.4, -0.2) is 79.4 Å².